The van der Waals surface area contributed by atoms with Crippen LogP contribution < -0.4 is 21.7 Å². The number of amides is 4. The van der Waals surface area contributed by atoms with E-state index in [9.17, 15) is 34.2 Å². The summed E-state index contributed by atoms with van der Waals surface area (Å²) in [7, 11) is 1.47. The molecule has 1 fully saturated rings. The highest BCUT2D eigenvalue weighted by Gasteiger charge is 2.36. The number of carbonyl (C=O) groups excluding carboxylic acids is 4. The molecule has 0 saturated heterocycles. The van der Waals surface area contributed by atoms with Gasteiger partial charge in [0, 0.05) is 29.6 Å². The summed E-state index contributed by atoms with van der Waals surface area (Å²) in [4.78, 5) is 69.5. The second-order valence-corrected chi connectivity index (χ2v) is 15.3. The number of hydrogen-bond acceptors (Lipinski definition) is 7. The van der Waals surface area contributed by atoms with E-state index in [2.05, 4.69) is 16.0 Å². The van der Waals surface area contributed by atoms with Crippen molar-refractivity contribution in [3.63, 3.8) is 0 Å². The van der Waals surface area contributed by atoms with Crippen LogP contribution in [0.2, 0.25) is 5.02 Å². The van der Waals surface area contributed by atoms with Crippen molar-refractivity contribution in [2.24, 2.45) is 5.73 Å². The van der Waals surface area contributed by atoms with Crippen molar-refractivity contribution >= 4 is 41.2 Å². The molecule has 6 rings (SSSR count). The van der Waals surface area contributed by atoms with E-state index in [4.69, 9.17) is 17.3 Å². The minimum Gasteiger partial charge on any atom is -0.507 e. The third-order valence-corrected chi connectivity index (χ3v) is 11.2. The number of hydrogen-bond donors (Lipinski definition) is 6. The summed E-state index contributed by atoms with van der Waals surface area (Å²) in [5.41, 5.74) is 11.0. The minimum atomic E-state index is -1.32. The SMILES string of the molecule is C[C@@H]1NC(=O)[C@@H](N(C)C(=O)[C@H](CCCCN)NC(=O)c2ccc(-c3ccc(Cl)cc3)cc2)c2ccc(C3CCC3)c(c2)-c2cc(ccc2O)C[C@@H](C(=O)O)NC1=O. The summed E-state index contributed by atoms with van der Waals surface area (Å²) in [6, 6.07) is 19.8. The number of fused-ring (bicyclic) bond motifs is 5. The lowest BCUT2D eigenvalue weighted by Crippen LogP contribution is -2.54. The molecule has 13 heteroatoms. The summed E-state index contributed by atoms with van der Waals surface area (Å²) in [6.07, 6.45) is 4.22. The second-order valence-electron chi connectivity index (χ2n) is 14.9. The zero-order valence-electron chi connectivity index (χ0n) is 32.0. The van der Waals surface area contributed by atoms with Gasteiger partial charge in [0.15, 0.2) is 0 Å². The lowest BCUT2D eigenvalue weighted by Gasteiger charge is -2.33. The molecule has 0 unspecified atom stereocenters. The van der Waals surface area contributed by atoms with Gasteiger partial charge in [0.2, 0.25) is 17.7 Å². The Hall–Kier alpha value is -5.72. The maximum atomic E-state index is 14.6. The number of aromatic hydroxyl groups is 1. The fraction of sp³-hybridized carbons (Fsp3) is 0.341. The smallest absolute Gasteiger partial charge is 0.326 e. The lowest BCUT2D eigenvalue weighted by molar-refractivity contribution is -0.143. The molecule has 4 atom stereocenters. The van der Waals surface area contributed by atoms with Crippen LogP contribution in [-0.2, 0) is 25.6 Å². The van der Waals surface area contributed by atoms with Crippen LogP contribution in [0.4, 0.5) is 0 Å². The molecule has 57 heavy (non-hydrogen) atoms. The number of nitrogens with zero attached hydrogens (tertiary/aromatic N) is 1. The molecule has 0 radical (unpaired) electrons. The first-order valence-corrected chi connectivity index (χ1v) is 19.7. The van der Waals surface area contributed by atoms with Crippen LogP contribution in [0.25, 0.3) is 22.3 Å². The van der Waals surface area contributed by atoms with Crippen molar-refractivity contribution in [2.45, 2.75) is 82.0 Å². The van der Waals surface area contributed by atoms with Gasteiger partial charge in [0.1, 0.15) is 29.9 Å². The molecule has 0 aromatic heterocycles. The van der Waals surface area contributed by atoms with E-state index in [1.54, 1.807) is 48.5 Å². The molecule has 2 aliphatic rings. The topological polar surface area (TPSA) is 191 Å². The zero-order chi connectivity index (χ0) is 40.8. The molecule has 4 amide bonds. The molecule has 4 aromatic rings. The normalized spacial score (nSPS) is 18.9. The van der Waals surface area contributed by atoms with Crippen LogP contribution in [0.15, 0.2) is 84.9 Å². The number of phenols is 1. The van der Waals surface area contributed by atoms with Crippen molar-refractivity contribution in [1.82, 2.24) is 20.9 Å². The average molecular weight is 794 g/mol. The lowest BCUT2D eigenvalue weighted by atomic mass is 9.76. The van der Waals surface area contributed by atoms with E-state index in [-0.39, 0.29) is 24.5 Å². The van der Waals surface area contributed by atoms with Crippen molar-refractivity contribution in [3.05, 3.63) is 112 Å². The molecular formula is C44H48ClN5O7. The van der Waals surface area contributed by atoms with Gasteiger partial charge in [0.05, 0.1) is 0 Å². The molecule has 12 nitrogen and oxygen atoms in total. The Labute approximate surface area is 336 Å². The molecule has 4 aromatic carbocycles. The highest BCUT2D eigenvalue weighted by atomic mass is 35.5. The number of aliphatic carboxylic acids is 1. The van der Waals surface area contributed by atoms with E-state index in [1.165, 1.54) is 24.9 Å². The van der Waals surface area contributed by atoms with E-state index >= 15 is 0 Å². The quantitative estimate of drug-likeness (QED) is 0.104. The maximum absolute atomic E-state index is 14.6. The monoisotopic (exact) mass is 793 g/mol. The Morgan fingerprint density at radius 2 is 1.58 bits per heavy atom. The summed E-state index contributed by atoms with van der Waals surface area (Å²) in [6.45, 7) is 1.82. The third-order valence-electron chi connectivity index (χ3n) is 11.0. The largest absolute Gasteiger partial charge is 0.507 e. The van der Waals surface area contributed by atoms with Gasteiger partial charge in [0.25, 0.3) is 5.91 Å². The molecule has 1 saturated carbocycles. The number of unbranched alkanes of at least 4 members (excludes halogenated alkanes) is 1. The Kier molecular flexibility index (Phi) is 13.0. The van der Waals surface area contributed by atoms with Crippen LogP contribution in [0.3, 0.4) is 0 Å². The summed E-state index contributed by atoms with van der Waals surface area (Å²) in [5, 5.41) is 30.0. The van der Waals surface area contributed by atoms with Crippen molar-refractivity contribution in [3.8, 4) is 28.0 Å². The van der Waals surface area contributed by atoms with Crippen LogP contribution in [0.5, 0.6) is 5.75 Å². The Morgan fingerprint density at radius 1 is 0.895 bits per heavy atom. The number of carbonyl (C=O) groups is 5. The van der Waals surface area contributed by atoms with Gasteiger partial charge in [-0.15, -0.1) is 0 Å². The molecule has 1 heterocycles. The van der Waals surface area contributed by atoms with E-state index in [0.29, 0.717) is 52.2 Å². The average Bonchev–Trinajstić information content (AvgIpc) is 3.17. The number of carboxylic acid groups (broad SMARTS) is 1. The summed E-state index contributed by atoms with van der Waals surface area (Å²) >= 11 is 6.05. The van der Waals surface area contributed by atoms with Crippen LogP contribution in [0.1, 0.15) is 84.5 Å². The fourth-order valence-corrected chi connectivity index (χ4v) is 7.57. The Morgan fingerprint density at radius 3 is 2.21 bits per heavy atom. The first-order valence-electron chi connectivity index (χ1n) is 19.3. The first kappa shape index (κ1) is 40.9. The molecule has 0 spiro atoms. The Balaban J connectivity index is 1.37. The Bertz CT molecular complexity index is 2140. The molecular weight excluding hydrogens is 746 g/mol. The van der Waals surface area contributed by atoms with Crippen LogP contribution in [-0.4, -0.2) is 76.4 Å². The van der Waals surface area contributed by atoms with E-state index < -0.39 is 53.8 Å². The highest BCUT2D eigenvalue weighted by molar-refractivity contribution is 6.30. The summed E-state index contributed by atoms with van der Waals surface area (Å²) in [5.74, 6) is -3.54. The summed E-state index contributed by atoms with van der Waals surface area (Å²) < 4.78 is 0. The number of nitrogens with two attached hydrogens (primary N) is 1. The third kappa shape index (κ3) is 9.46. The molecule has 298 valence electrons. The number of phenolic OH excluding ortho intramolecular Hbond substituents is 1. The molecule has 1 aliphatic carbocycles. The zero-order valence-corrected chi connectivity index (χ0v) is 32.7. The van der Waals surface area contributed by atoms with E-state index in [0.717, 1.165) is 36.0 Å². The van der Waals surface area contributed by atoms with Crippen LogP contribution >= 0.6 is 11.6 Å². The predicted molar refractivity (Wildman–Crippen MR) is 218 cm³/mol. The van der Waals surface area contributed by atoms with E-state index in [1.807, 2.05) is 30.3 Å². The second kappa shape index (κ2) is 18.0. The number of nitrogens with one attached hydrogen (secondary N) is 3. The predicted octanol–water partition coefficient (Wildman–Crippen LogP) is 5.70. The first-order chi connectivity index (χ1) is 27.3. The van der Waals surface area contributed by atoms with Gasteiger partial charge in [-0.25, -0.2) is 4.79 Å². The number of halogens is 1. The van der Waals surface area contributed by atoms with Crippen molar-refractivity contribution in [2.75, 3.05) is 13.6 Å². The van der Waals surface area contributed by atoms with Crippen molar-refractivity contribution < 1.29 is 34.2 Å². The standard InChI is InChI=1S/C44H48ClN5O7/c1-25-40(52)49-37(44(56)57)23-26-9-20-38(51)35(22-26)34-24-31(16-19-33(34)29-6-5-7-29)39(42(54)47-25)50(2)43(55)36(8-3-4-21-46)48-41(53)30-12-10-27(11-13-30)28-14-17-32(45)18-15-28/h9-20,22,24-25,29,36-37,39,51H,3-8,21,23,46H2,1-2H3,(H,47,54)(H,48,53)(H,49,52)(H,56,57)/t25-,36-,37-,39-/m0/s1. The fourth-order valence-electron chi connectivity index (χ4n) is 7.44. The van der Waals surface area contributed by atoms with Gasteiger partial charge in [-0.05, 0) is 127 Å². The minimum absolute atomic E-state index is 0.0394. The van der Waals surface area contributed by atoms with Crippen LogP contribution in [0, 0.1) is 0 Å². The maximum Gasteiger partial charge on any atom is 0.326 e. The highest BCUT2D eigenvalue weighted by Crippen LogP contribution is 2.44. The van der Waals surface area contributed by atoms with Gasteiger partial charge in [-0.2, -0.15) is 0 Å². The van der Waals surface area contributed by atoms with Gasteiger partial charge in [-0.1, -0.05) is 60.5 Å². The van der Waals surface area contributed by atoms with Gasteiger partial charge in [-0.3, -0.25) is 19.2 Å². The van der Waals surface area contributed by atoms with Gasteiger partial charge >= 0.3 is 5.97 Å². The molecule has 7 N–H and O–H groups in total. The van der Waals surface area contributed by atoms with Crippen molar-refractivity contribution in [1.29, 1.82) is 0 Å². The molecule has 4 bridgehead atoms. The number of benzene rings is 4. The number of carboxylic acids is 1. The van der Waals surface area contributed by atoms with Gasteiger partial charge < -0.3 is 36.8 Å². The molecule has 1 aliphatic heterocycles. The number of likely N-dealkylation sites (N-methyl/N-ethyl adjacent to an activating group) is 1. The number of rotatable bonds is 11.